The zero-order valence-electron chi connectivity index (χ0n) is 9.97. The minimum Gasteiger partial charge on any atom is -0.302 e. The van der Waals surface area contributed by atoms with Crippen molar-refractivity contribution in [1.82, 2.24) is 0 Å². The Hall–Kier alpha value is -1.61. The van der Waals surface area contributed by atoms with Gasteiger partial charge in [-0.2, -0.15) is 0 Å². The standard InChI is InChI=1S/C15H13FOS/c1-18-12-7-8-13(15(16)9-12)14(10-17)11-5-3-2-4-6-11/h2-10,14H,1H3. The molecule has 1 unspecified atom stereocenters. The third kappa shape index (κ3) is 2.62. The quantitative estimate of drug-likeness (QED) is 0.613. The smallest absolute Gasteiger partial charge is 0.131 e. The third-order valence-corrected chi connectivity index (χ3v) is 3.56. The van der Waals surface area contributed by atoms with Crippen molar-refractivity contribution >= 4 is 18.0 Å². The van der Waals surface area contributed by atoms with Gasteiger partial charge in [0.05, 0.1) is 5.92 Å². The molecule has 2 aromatic rings. The highest BCUT2D eigenvalue weighted by molar-refractivity contribution is 7.98. The maximum atomic E-state index is 14.0. The van der Waals surface area contributed by atoms with Crippen LogP contribution < -0.4 is 0 Å². The van der Waals surface area contributed by atoms with Gasteiger partial charge in [-0.1, -0.05) is 36.4 Å². The molecule has 1 atom stereocenters. The zero-order chi connectivity index (χ0) is 13.0. The Morgan fingerprint density at radius 1 is 1.17 bits per heavy atom. The minimum atomic E-state index is -0.540. The number of hydrogen-bond donors (Lipinski definition) is 0. The molecule has 0 heterocycles. The maximum absolute atomic E-state index is 14.0. The lowest BCUT2D eigenvalue weighted by atomic mass is 9.92. The highest BCUT2D eigenvalue weighted by atomic mass is 32.2. The lowest BCUT2D eigenvalue weighted by molar-refractivity contribution is -0.108. The van der Waals surface area contributed by atoms with Crippen LogP contribution in [0.4, 0.5) is 4.39 Å². The first-order valence-electron chi connectivity index (χ1n) is 5.60. The van der Waals surface area contributed by atoms with Gasteiger partial charge in [0.15, 0.2) is 0 Å². The second kappa shape index (κ2) is 5.83. The van der Waals surface area contributed by atoms with Gasteiger partial charge in [0.1, 0.15) is 12.1 Å². The summed E-state index contributed by atoms with van der Waals surface area (Å²) in [5.74, 6) is -0.870. The Bertz CT molecular complexity index is 539. The fourth-order valence-corrected chi connectivity index (χ4v) is 2.30. The summed E-state index contributed by atoms with van der Waals surface area (Å²) in [5, 5.41) is 0. The number of carbonyl (C=O) groups is 1. The van der Waals surface area contributed by atoms with E-state index in [0.29, 0.717) is 5.56 Å². The Labute approximate surface area is 110 Å². The summed E-state index contributed by atoms with van der Waals surface area (Å²) in [6.07, 6.45) is 2.68. The van der Waals surface area contributed by atoms with Crippen LogP contribution in [0.25, 0.3) is 0 Å². The van der Waals surface area contributed by atoms with Crippen molar-refractivity contribution in [2.45, 2.75) is 10.8 Å². The summed E-state index contributed by atoms with van der Waals surface area (Å²) in [5.41, 5.74) is 1.23. The van der Waals surface area contributed by atoms with Crippen LogP contribution >= 0.6 is 11.8 Å². The number of carbonyl (C=O) groups excluding carboxylic acids is 1. The Kier molecular flexibility index (Phi) is 4.15. The fraction of sp³-hybridized carbons (Fsp3) is 0.133. The van der Waals surface area contributed by atoms with Crippen molar-refractivity contribution in [3.05, 3.63) is 65.5 Å². The van der Waals surface area contributed by atoms with Crippen molar-refractivity contribution < 1.29 is 9.18 Å². The molecule has 0 aliphatic carbocycles. The van der Waals surface area contributed by atoms with Crippen LogP contribution in [0.5, 0.6) is 0 Å². The van der Waals surface area contributed by atoms with E-state index >= 15 is 0 Å². The predicted molar refractivity (Wildman–Crippen MR) is 72.5 cm³/mol. The highest BCUT2D eigenvalue weighted by Gasteiger charge is 2.17. The zero-order valence-corrected chi connectivity index (χ0v) is 10.8. The molecular weight excluding hydrogens is 247 g/mol. The molecule has 0 amide bonds. The molecule has 0 aromatic heterocycles. The number of halogens is 1. The molecule has 1 nitrogen and oxygen atoms in total. The van der Waals surface area contributed by atoms with Gasteiger partial charge >= 0.3 is 0 Å². The van der Waals surface area contributed by atoms with Gasteiger partial charge < -0.3 is 4.79 Å². The SMILES string of the molecule is CSc1ccc(C(C=O)c2ccccc2)c(F)c1. The summed E-state index contributed by atoms with van der Waals surface area (Å²) in [6, 6.07) is 14.2. The topological polar surface area (TPSA) is 17.1 Å². The molecule has 0 N–H and O–H groups in total. The lowest BCUT2D eigenvalue weighted by Crippen LogP contribution is -2.05. The third-order valence-electron chi connectivity index (χ3n) is 2.84. The number of aldehydes is 1. The van der Waals surface area contributed by atoms with Gasteiger partial charge in [-0.05, 0) is 24.0 Å². The summed E-state index contributed by atoms with van der Waals surface area (Å²) >= 11 is 1.48. The van der Waals surface area contributed by atoms with Gasteiger partial charge in [0, 0.05) is 10.5 Å². The van der Waals surface area contributed by atoms with Crippen LogP contribution in [0.3, 0.4) is 0 Å². The molecule has 0 fully saturated rings. The maximum Gasteiger partial charge on any atom is 0.131 e. The Morgan fingerprint density at radius 3 is 2.44 bits per heavy atom. The van der Waals surface area contributed by atoms with Crippen LogP contribution in [0.2, 0.25) is 0 Å². The fourth-order valence-electron chi connectivity index (χ4n) is 1.88. The van der Waals surface area contributed by atoms with E-state index in [2.05, 4.69) is 0 Å². The molecule has 0 saturated carbocycles. The van der Waals surface area contributed by atoms with Crippen molar-refractivity contribution in [1.29, 1.82) is 0 Å². The molecule has 3 heteroatoms. The predicted octanol–water partition coefficient (Wildman–Crippen LogP) is 3.88. The molecule has 0 aliphatic rings. The van der Waals surface area contributed by atoms with E-state index in [1.165, 1.54) is 17.8 Å². The van der Waals surface area contributed by atoms with E-state index in [0.717, 1.165) is 16.7 Å². The largest absolute Gasteiger partial charge is 0.302 e. The molecule has 18 heavy (non-hydrogen) atoms. The van der Waals surface area contributed by atoms with Crippen LogP contribution in [0.15, 0.2) is 53.4 Å². The van der Waals surface area contributed by atoms with E-state index in [9.17, 15) is 9.18 Å². The molecule has 0 spiro atoms. The van der Waals surface area contributed by atoms with Crippen molar-refractivity contribution in [3.63, 3.8) is 0 Å². The first kappa shape index (κ1) is 12.8. The molecule has 0 bridgehead atoms. The van der Waals surface area contributed by atoms with E-state index in [4.69, 9.17) is 0 Å². The second-order valence-corrected chi connectivity index (χ2v) is 4.79. The van der Waals surface area contributed by atoms with Gasteiger partial charge in [-0.15, -0.1) is 11.8 Å². The molecule has 0 radical (unpaired) electrons. The highest BCUT2D eigenvalue weighted by Crippen LogP contribution is 2.27. The Balaban J connectivity index is 2.43. The summed E-state index contributed by atoms with van der Waals surface area (Å²) in [7, 11) is 0. The molecule has 0 saturated heterocycles. The average molecular weight is 260 g/mol. The molecule has 2 rings (SSSR count). The summed E-state index contributed by atoms with van der Waals surface area (Å²) in [4.78, 5) is 12.1. The van der Waals surface area contributed by atoms with E-state index in [1.54, 1.807) is 6.07 Å². The molecule has 2 aromatic carbocycles. The van der Waals surface area contributed by atoms with Crippen LogP contribution in [0, 0.1) is 5.82 Å². The van der Waals surface area contributed by atoms with Gasteiger partial charge in [-0.25, -0.2) is 4.39 Å². The monoisotopic (exact) mass is 260 g/mol. The number of hydrogen-bond acceptors (Lipinski definition) is 2. The molecule has 92 valence electrons. The van der Waals surface area contributed by atoms with Crippen molar-refractivity contribution in [2.75, 3.05) is 6.26 Å². The first-order chi connectivity index (χ1) is 8.76. The summed E-state index contributed by atoms with van der Waals surface area (Å²) < 4.78 is 14.0. The van der Waals surface area contributed by atoms with Gasteiger partial charge in [-0.3, -0.25) is 0 Å². The first-order valence-corrected chi connectivity index (χ1v) is 6.82. The molecule has 0 aliphatic heterocycles. The van der Waals surface area contributed by atoms with Crippen molar-refractivity contribution in [2.24, 2.45) is 0 Å². The van der Waals surface area contributed by atoms with E-state index in [-0.39, 0.29) is 5.82 Å². The Morgan fingerprint density at radius 2 is 1.89 bits per heavy atom. The number of benzene rings is 2. The normalized spacial score (nSPS) is 12.1. The van der Waals surface area contributed by atoms with Gasteiger partial charge in [0.2, 0.25) is 0 Å². The average Bonchev–Trinajstić information content (AvgIpc) is 2.42. The van der Waals surface area contributed by atoms with E-state index in [1.807, 2.05) is 42.7 Å². The van der Waals surface area contributed by atoms with Crippen LogP contribution in [-0.4, -0.2) is 12.5 Å². The second-order valence-electron chi connectivity index (χ2n) is 3.91. The minimum absolute atomic E-state index is 0.331. The van der Waals surface area contributed by atoms with Crippen molar-refractivity contribution in [3.8, 4) is 0 Å². The van der Waals surface area contributed by atoms with Crippen LogP contribution in [-0.2, 0) is 4.79 Å². The van der Waals surface area contributed by atoms with Crippen LogP contribution in [0.1, 0.15) is 17.0 Å². The lowest BCUT2D eigenvalue weighted by Gasteiger charge is -2.12. The summed E-state index contributed by atoms with van der Waals surface area (Å²) in [6.45, 7) is 0. The molecular formula is C15H13FOS. The number of thioether (sulfide) groups is 1. The van der Waals surface area contributed by atoms with Gasteiger partial charge in [0.25, 0.3) is 0 Å². The number of rotatable bonds is 4. The van der Waals surface area contributed by atoms with E-state index < -0.39 is 5.92 Å².